The number of nitrogens with zero attached hydrogens (tertiary/aromatic N) is 2. The number of hydrogen-bond donors (Lipinski definition) is 0. The molecular formula is C11H10N2O4. The molecule has 0 saturated carbocycles. The number of anilines is 1. The molecule has 17 heavy (non-hydrogen) atoms. The van der Waals surface area contributed by atoms with Gasteiger partial charge in [0.25, 0.3) is 5.69 Å². The molecule has 1 aromatic rings. The first kappa shape index (κ1) is 11.3. The normalized spacial score (nSPS) is 15.5. The van der Waals surface area contributed by atoms with Crippen molar-refractivity contribution in [1.29, 1.82) is 0 Å². The molecule has 6 nitrogen and oxygen atoms in total. The zero-order chi connectivity index (χ0) is 12.6. The summed E-state index contributed by atoms with van der Waals surface area (Å²) in [5, 5.41) is 10.9. The van der Waals surface area contributed by atoms with Crippen LogP contribution in [0.1, 0.15) is 23.2 Å². The number of benzene rings is 1. The lowest BCUT2D eigenvalue weighted by Crippen LogP contribution is -2.25. The Bertz CT molecular complexity index is 524. The molecule has 88 valence electrons. The minimum atomic E-state index is -0.597. The third kappa shape index (κ3) is 1.77. The zero-order valence-electron chi connectivity index (χ0n) is 9.17. The molecule has 0 spiro atoms. The maximum Gasteiger partial charge on any atom is 0.282 e. The number of carbonyl (C=O) groups excluding carboxylic acids is 2. The van der Waals surface area contributed by atoms with Gasteiger partial charge in [0.1, 0.15) is 5.56 Å². The van der Waals surface area contributed by atoms with Crippen LogP contribution in [-0.2, 0) is 4.79 Å². The van der Waals surface area contributed by atoms with Gasteiger partial charge in [-0.15, -0.1) is 0 Å². The SMILES string of the molecule is CN1C(=O)CCC(=O)c2c1cccc2[N+](=O)[O-]. The first-order valence-corrected chi connectivity index (χ1v) is 5.09. The summed E-state index contributed by atoms with van der Waals surface area (Å²) in [6.07, 6.45) is 0.0994. The first-order valence-electron chi connectivity index (χ1n) is 5.09. The lowest BCUT2D eigenvalue weighted by molar-refractivity contribution is -0.385. The lowest BCUT2D eigenvalue weighted by Gasteiger charge is -2.16. The van der Waals surface area contributed by atoms with Crippen LogP contribution in [0.25, 0.3) is 0 Å². The van der Waals surface area contributed by atoms with Crippen molar-refractivity contribution in [1.82, 2.24) is 0 Å². The average Bonchev–Trinajstić information content (AvgIpc) is 2.42. The molecule has 0 radical (unpaired) electrons. The van der Waals surface area contributed by atoms with Gasteiger partial charge >= 0.3 is 0 Å². The van der Waals surface area contributed by atoms with Crippen LogP contribution < -0.4 is 4.90 Å². The number of fused-ring (bicyclic) bond motifs is 1. The molecule has 0 atom stereocenters. The minimum absolute atomic E-state index is 0.0149. The first-order chi connectivity index (χ1) is 8.02. The molecule has 0 aliphatic carbocycles. The topological polar surface area (TPSA) is 80.5 Å². The molecule has 0 bridgehead atoms. The van der Waals surface area contributed by atoms with Crippen molar-refractivity contribution in [2.75, 3.05) is 11.9 Å². The third-order valence-electron chi connectivity index (χ3n) is 2.80. The van der Waals surface area contributed by atoms with Crippen molar-refractivity contribution >= 4 is 23.1 Å². The second-order valence-corrected chi connectivity index (χ2v) is 3.80. The standard InChI is InChI=1S/C11H10N2O4/c1-12-7-3-2-4-8(13(16)17)11(7)9(14)5-6-10(12)15/h2-4H,5-6H2,1H3. The molecule has 1 aromatic carbocycles. The molecule has 2 rings (SSSR count). The van der Waals surface area contributed by atoms with Crippen LogP contribution in [0.5, 0.6) is 0 Å². The summed E-state index contributed by atoms with van der Waals surface area (Å²) in [7, 11) is 1.52. The van der Waals surface area contributed by atoms with Crippen LogP contribution in [0.15, 0.2) is 18.2 Å². The van der Waals surface area contributed by atoms with E-state index in [-0.39, 0.29) is 35.8 Å². The fourth-order valence-electron chi connectivity index (χ4n) is 1.89. The Hall–Kier alpha value is -2.24. The molecule has 0 N–H and O–H groups in total. The number of rotatable bonds is 1. The van der Waals surface area contributed by atoms with E-state index < -0.39 is 4.92 Å². The molecule has 0 fully saturated rings. The van der Waals surface area contributed by atoms with E-state index in [0.717, 1.165) is 0 Å². The van der Waals surface area contributed by atoms with Gasteiger partial charge in [-0.05, 0) is 6.07 Å². The smallest absolute Gasteiger partial charge is 0.282 e. The van der Waals surface area contributed by atoms with Gasteiger partial charge < -0.3 is 4.90 Å². The predicted octanol–water partition coefficient (Wildman–Crippen LogP) is 1.53. The Morgan fingerprint density at radius 1 is 1.29 bits per heavy atom. The van der Waals surface area contributed by atoms with E-state index in [4.69, 9.17) is 0 Å². The quantitative estimate of drug-likeness (QED) is 0.545. The van der Waals surface area contributed by atoms with Crippen molar-refractivity contribution in [3.63, 3.8) is 0 Å². The van der Waals surface area contributed by atoms with Crippen molar-refractivity contribution in [3.8, 4) is 0 Å². The number of ketones is 1. The molecule has 0 saturated heterocycles. The summed E-state index contributed by atoms with van der Waals surface area (Å²) in [6.45, 7) is 0. The molecule has 1 aliphatic rings. The van der Waals surface area contributed by atoms with E-state index in [9.17, 15) is 19.7 Å². The van der Waals surface area contributed by atoms with Crippen LogP contribution in [0.4, 0.5) is 11.4 Å². The van der Waals surface area contributed by atoms with Crippen LogP contribution in [0, 0.1) is 10.1 Å². The van der Waals surface area contributed by atoms with Gasteiger partial charge in [0.2, 0.25) is 5.91 Å². The van der Waals surface area contributed by atoms with Crippen LogP contribution in [0.3, 0.4) is 0 Å². The number of Topliss-reactive ketones (excluding diaryl/α,β-unsaturated/α-hetero) is 1. The highest BCUT2D eigenvalue weighted by molar-refractivity contribution is 6.12. The maximum atomic E-state index is 11.8. The highest BCUT2D eigenvalue weighted by Crippen LogP contribution is 2.32. The van der Waals surface area contributed by atoms with Gasteiger partial charge in [-0.25, -0.2) is 0 Å². The van der Waals surface area contributed by atoms with E-state index >= 15 is 0 Å². The van der Waals surface area contributed by atoms with Crippen LogP contribution >= 0.6 is 0 Å². The second kappa shape index (κ2) is 3.97. The summed E-state index contributed by atoms with van der Waals surface area (Å²) in [6, 6.07) is 4.29. The summed E-state index contributed by atoms with van der Waals surface area (Å²) >= 11 is 0. The molecule has 1 heterocycles. The minimum Gasteiger partial charge on any atom is -0.314 e. The maximum absolute atomic E-state index is 11.8. The van der Waals surface area contributed by atoms with E-state index in [0.29, 0.717) is 5.69 Å². The summed E-state index contributed by atoms with van der Waals surface area (Å²) in [5.41, 5.74) is 0.103. The van der Waals surface area contributed by atoms with Crippen molar-refractivity contribution in [2.45, 2.75) is 12.8 Å². The van der Waals surface area contributed by atoms with E-state index in [1.54, 1.807) is 6.07 Å². The predicted molar refractivity (Wildman–Crippen MR) is 60.1 cm³/mol. The Morgan fingerprint density at radius 2 is 2.00 bits per heavy atom. The molecule has 0 aromatic heterocycles. The fraction of sp³-hybridized carbons (Fsp3) is 0.273. The number of nitro groups is 1. The number of hydrogen-bond acceptors (Lipinski definition) is 4. The van der Waals surface area contributed by atoms with Gasteiger partial charge in [0, 0.05) is 26.0 Å². The molecular weight excluding hydrogens is 224 g/mol. The molecule has 6 heteroatoms. The monoisotopic (exact) mass is 234 g/mol. The molecule has 0 unspecified atom stereocenters. The Morgan fingerprint density at radius 3 is 2.65 bits per heavy atom. The van der Waals surface area contributed by atoms with Crippen LogP contribution in [0.2, 0.25) is 0 Å². The van der Waals surface area contributed by atoms with Gasteiger partial charge in [-0.2, -0.15) is 0 Å². The molecule has 1 aliphatic heterocycles. The summed E-state index contributed by atoms with van der Waals surface area (Å²) in [5.74, 6) is -0.567. The summed E-state index contributed by atoms with van der Waals surface area (Å²) in [4.78, 5) is 35.0. The lowest BCUT2D eigenvalue weighted by atomic mass is 10.0. The van der Waals surface area contributed by atoms with E-state index in [1.807, 2.05) is 0 Å². The number of carbonyl (C=O) groups is 2. The van der Waals surface area contributed by atoms with Crippen molar-refractivity contribution in [2.24, 2.45) is 0 Å². The van der Waals surface area contributed by atoms with E-state index in [1.165, 1.54) is 24.1 Å². The van der Waals surface area contributed by atoms with Gasteiger partial charge in [-0.1, -0.05) is 6.07 Å². The van der Waals surface area contributed by atoms with E-state index in [2.05, 4.69) is 0 Å². The highest BCUT2D eigenvalue weighted by Gasteiger charge is 2.30. The number of nitro benzene ring substituents is 1. The van der Waals surface area contributed by atoms with Crippen LogP contribution in [-0.4, -0.2) is 23.7 Å². The fourth-order valence-corrected chi connectivity index (χ4v) is 1.89. The highest BCUT2D eigenvalue weighted by atomic mass is 16.6. The zero-order valence-corrected chi connectivity index (χ0v) is 9.17. The number of amides is 1. The third-order valence-corrected chi connectivity index (χ3v) is 2.80. The Labute approximate surface area is 97.0 Å². The van der Waals surface area contributed by atoms with Gasteiger partial charge in [-0.3, -0.25) is 19.7 Å². The van der Waals surface area contributed by atoms with Crippen molar-refractivity contribution in [3.05, 3.63) is 33.9 Å². The summed E-state index contributed by atoms with van der Waals surface area (Å²) < 4.78 is 0. The van der Waals surface area contributed by atoms with Gasteiger partial charge in [0.15, 0.2) is 5.78 Å². The Balaban J connectivity index is 2.70. The second-order valence-electron chi connectivity index (χ2n) is 3.80. The Kier molecular flexibility index (Phi) is 2.63. The van der Waals surface area contributed by atoms with Crippen molar-refractivity contribution < 1.29 is 14.5 Å². The van der Waals surface area contributed by atoms with Gasteiger partial charge in [0.05, 0.1) is 10.6 Å². The average molecular weight is 234 g/mol. The molecule has 1 amide bonds. The largest absolute Gasteiger partial charge is 0.314 e.